The zero-order valence-electron chi connectivity index (χ0n) is 17.0. The van der Waals surface area contributed by atoms with Crippen LogP contribution in [0.1, 0.15) is 19.8 Å². The minimum Gasteiger partial charge on any atom is -0.377 e. The van der Waals surface area contributed by atoms with Crippen molar-refractivity contribution in [3.8, 4) is 10.6 Å². The third-order valence-corrected chi connectivity index (χ3v) is 6.75. The minimum atomic E-state index is -0.163. The molecule has 2 fully saturated rings. The van der Waals surface area contributed by atoms with Crippen LogP contribution in [0.3, 0.4) is 0 Å². The number of H-pyrrole nitrogens is 1. The van der Waals surface area contributed by atoms with Crippen LogP contribution in [0.5, 0.6) is 0 Å². The lowest BCUT2D eigenvalue weighted by atomic mass is 10.1. The van der Waals surface area contributed by atoms with Crippen molar-refractivity contribution in [1.82, 2.24) is 20.3 Å². The van der Waals surface area contributed by atoms with Gasteiger partial charge in [-0.05, 0) is 38.4 Å². The molecule has 2 aliphatic rings. The Morgan fingerprint density at radius 2 is 2.20 bits per heavy atom. The first-order valence-electron chi connectivity index (χ1n) is 10.5. The largest absolute Gasteiger partial charge is 0.377 e. The van der Waals surface area contributed by atoms with E-state index < -0.39 is 0 Å². The molecule has 5 rings (SSSR count). The molecule has 3 aromatic rings. The number of piperidine rings is 1. The molecule has 0 amide bonds. The number of nitrogens with zero attached hydrogens (tertiary/aromatic N) is 3. The third-order valence-electron chi connectivity index (χ3n) is 5.69. The molecule has 0 saturated carbocycles. The second-order valence-electron chi connectivity index (χ2n) is 7.90. The maximum absolute atomic E-state index is 13.3. The van der Waals surface area contributed by atoms with Gasteiger partial charge < -0.3 is 20.3 Å². The highest BCUT2D eigenvalue weighted by Gasteiger charge is 2.26. The van der Waals surface area contributed by atoms with E-state index in [0.717, 1.165) is 36.1 Å². The zero-order chi connectivity index (χ0) is 20.5. The van der Waals surface area contributed by atoms with Crippen LogP contribution >= 0.6 is 11.3 Å². The van der Waals surface area contributed by atoms with Crippen molar-refractivity contribution in [2.24, 2.45) is 0 Å². The van der Waals surface area contributed by atoms with E-state index in [1.54, 1.807) is 0 Å². The van der Waals surface area contributed by atoms with Crippen LogP contribution in [-0.2, 0) is 4.74 Å². The summed E-state index contributed by atoms with van der Waals surface area (Å²) >= 11 is 1.52. The number of hydrogen-bond donors (Lipinski definition) is 3. The molecular weight excluding hydrogens is 400 g/mol. The van der Waals surface area contributed by atoms with E-state index >= 15 is 0 Å². The average Bonchev–Trinajstić information content (AvgIpc) is 3.18. The standard InChI is InChI=1S/C21H26N6O2S/c1-13-12-29-10-9-27(13)21-25-18(23-14-5-4-8-22-11-14)17(19(28)26-21)20-24-15-6-2-3-7-16(15)30-20/h2-3,6-7,13-14,22H,4-5,8-12H2,1H3,(H2,23,25,26,28)/t13-,14+/m0/s1. The number of ether oxygens (including phenoxy) is 1. The van der Waals surface area contributed by atoms with Crippen LogP contribution in [0.15, 0.2) is 29.1 Å². The first-order chi connectivity index (χ1) is 14.7. The Labute approximate surface area is 178 Å². The number of para-hydroxylation sites is 1. The summed E-state index contributed by atoms with van der Waals surface area (Å²) in [6, 6.07) is 8.33. The maximum atomic E-state index is 13.3. The van der Waals surface area contributed by atoms with E-state index in [-0.39, 0.29) is 17.6 Å². The highest BCUT2D eigenvalue weighted by molar-refractivity contribution is 7.21. The van der Waals surface area contributed by atoms with Gasteiger partial charge in [-0.3, -0.25) is 9.78 Å². The van der Waals surface area contributed by atoms with Crippen LogP contribution in [0.25, 0.3) is 20.8 Å². The third kappa shape index (κ3) is 3.80. The Balaban J connectivity index is 1.59. The molecule has 8 nitrogen and oxygen atoms in total. The van der Waals surface area contributed by atoms with Gasteiger partial charge >= 0.3 is 0 Å². The molecule has 2 aromatic heterocycles. The summed E-state index contributed by atoms with van der Waals surface area (Å²) in [5.41, 5.74) is 1.25. The maximum Gasteiger partial charge on any atom is 0.264 e. The van der Waals surface area contributed by atoms with Gasteiger partial charge in [0.25, 0.3) is 5.56 Å². The van der Waals surface area contributed by atoms with Crippen LogP contribution in [0, 0.1) is 0 Å². The molecule has 158 valence electrons. The molecule has 0 bridgehead atoms. The van der Waals surface area contributed by atoms with Gasteiger partial charge in [-0.2, -0.15) is 4.98 Å². The Morgan fingerprint density at radius 1 is 1.30 bits per heavy atom. The van der Waals surface area contributed by atoms with Gasteiger partial charge in [0, 0.05) is 19.1 Å². The fraction of sp³-hybridized carbons (Fsp3) is 0.476. The van der Waals surface area contributed by atoms with Gasteiger partial charge in [-0.1, -0.05) is 12.1 Å². The van der Waals surface area contributed by atoms with E-state index in [9.17, 15) is 4.79 Å². The number of anilines is 2. The number of rotatable bonds is 4. The van der Waals surface area contributed by atoms with Crippen molar-refractivity contribution in [3.63, 3.8) is 0 Å². The van der Waals surface area contributed by atoms with Crippen molar-refractivity contribution in [1.29, 1.82) is 0 Å². The van der Waals surface area contributed by atoms with Gasteiger partial charge in [0.15, 0.2) is 0 Å². The van der Waals surface area contributed by atoms with Gasteiger partial charge in [-0.25, -0.2) is 4.98 Å². The number of aromatic amines is 1. The Kier molecular flexibility index (Phi) is 5.41. The molecule has 4 heterocycles. The first-order valence-corrected chi connectivity index (χ1v) is 11.3. The summed E-state index contributed by atoms with van der Waals surface area (Å²) < 4.78 is 6.61. The topological polar surface area (TPSA) is 95.2 Å². The predicted octanol–water partition coefficient (Wildman–Crippen LogP) is 2.44. The molecular formula is C21H26N6O2S. The van der Waals surface area contributed by atoms with Gasteiger partial charge in [0.05, 0.1) is 29.5 Å². The number of fused-ring (bicyclic) bond motifs is 1. The lowest BCUT2D eigenvalue weighted by Gasteiger charge is -2.34. The fourth-order valence-corrected chi connectivity index (χ4v) is 5.10. The number of thiazole rings is 1. The lowest BCUT2D eigenvalue weighted by Crippen LogP contribution is -2.45. The van der Waals surface area contributed by atoms with E-state index in [2.05, 4.69) is 27.4 Å². The second kappa shape index (κ2) is 8.33. The van der Waals surface area contributed by atoms with E-state index in [4.69, 9.17) is 14.7 Å². The van der Waals surface area contributed by atoms with E-state index in [1.165, 1.54) is 11.3 Å². The molecule has 9 heteroatoms. The summed E-state index contributed by atoms with van der Waals surface area (Å²) in [4.78, 5) is 28.0. The quantitative estimate of drug-likeness (QED) is 0.590. The smallest absolute Gasteiger partial charge is 0.264 e. The van der Waals surface area contributed by atoms with Gasteiger partial charge in [0.1, 0.15) is 16.4 Å². The number of benzene rings is 1. The molecule has 2 aliphatic heterocycles. The highest BCUT2D eigenvalue weighted by Crippen LogP contribution is 2.33. The molecule has 0 unspecified atom stereocenters. The van der Waals surface area contributed by atoms with Crippen LogP contribution in [0.4, 0.5) is 11.8 Å². The van der Waals surface area contributed by atoms with Crippen molar-refractivity contribution in [2.75, 3.05) is 43.1 Å². The Bertz CT molecular complexity index is 1060. The average molecular weight is 427 g/mol. The number of hydrogen-bond acceptors (Lipinski definition) is 8. The highest BCUT2D eigenvalue weighted by atomic mass is 32.1. The monoisotopic (exact) mass is 426 g/mol. The van der Waals surface area contributed by atoms with E-state index in [0.29, 0.717) is 42.1 Å². The van der Waals surface area contributed by atoms with Crippen LogP contribution < -0.4 is 21.1 Å². The number of nitrogens with one attached hydrogen (secondary N) is 3. The summed E-state index contributed by atoms with van der Waals surface area (Å²) in [7, 11) is 0. The normalized spacial score (nSPS) is 22.4. The van der Waals surface area contributed by atoms with Crippen molar-refractivity contribution < 1.29 is 4.74 Å². The summed E-state index contributed by atoms with van der Waals surface area (Å²) in [5.74, 6) is 1.20. The Hall–Kier alpha value is -2.49. The second-order valence-corrected chi connectivity index (χ2v) is 8.94. The van der Waals surface area contributed by atoms with Crippen LogP contribution in [0.2, 0.25) is 0 Å². The molecule has 0 aliphatic carbocycles. The van der Waals surface area contributed by atoms with Crippen molar-refractivity contribution >= 4 is 33.3 Å². The molecule has 2 saturated heterocycles. The van der Waals surface area contributed by atoms with Crippen LogP contribution in [-0.4, -0.2) is 59.9 Å². The minimum absolute atomic E-state index is 0.152. The van der Waals surface area contributed by atoms with Crippen molar-refractivity contribution in [2.45, 2.75) is 31.8 Å². The molecule has 1 aromatic carbocycles. The Morgan fingerprint density at radius 3 is 3.00 bits per heavy atom. The fourth-order valence-electron chi connectivity index (χ4n) is 4.09. The van der Waals surface area contributed by atoms with Gasteiger partial charge in [-0.15, -0.1) is 11.3 Å². The number of morpholine rings is 1. The summed E-state index contributed by atoms with van der Waals surface area (Å²) in [5, 5.41) is 7.65. The lowest BCUT2D eigenvalue weighted by molar-refractivity contribution is 0.0981. The summed E-state index contributed by atoms with van der Waals surface area (Å²) in [6.45, 7) is 5.93. The molecule has 3 N–H and O–H groups in total. The molecule has 0 radical (unpaired) electrons. The molecule has 30 heavy (non-hydrogen) atoms. The predicted molar refractivity (Wildman–Crippen MR) is 121 cm³/mol. The first kappa shape index (κ1) is 19.5. The van der Waals surface area contributed by atoms with Gasteiger partial charge in [0.2, 0.25) is 5.95 Å². The molecule has 2 atom stereocenters. The van der Waals surface area contributed by atoms with E-state index in [1.807, 2.05) is 24.3 Å². The van der Waals surface area contributed by atoms with Crippen molar-refractivity contribution in [3.05, 3.63) is 34.6 Å². The number of aromatic nitrogens is 3. The molecule has 0 spiro atoms. The summed E-state index contributed by atoms with van der Waals surface area (Å²) in [6.07, 6.45) is 2.15. The SMILES string of the molecule is C[C@H]1COCCN1c1nc(N[C@@H]2CCCNC2)c(-c2nc3ccccc3s2)c(=O)[nH]1. The zero-order valence-corrected chi connectivity index (χ0v) is 17.8.